The molecule has 1 aromatic heterocycles. The van der Waals surface area contributed by atoms with E-state index < -0.39 is 0 Å². The van der Waals surface area contributed by atoms with Crippen LogP contribution < -0.4 is 16.8 Å². The van der Waals surface area contributed by atoms with Crippen LogP contribution >= 0.6 is 0 Å². The Labute approximate surface area is 105 Å². The molecule has 0 aliphatic carbocycles. The van der Waals surface area contributed by atoms with E-state index in [0.29, 0.717) is 22.6 Å². The summed E-state index contributed by atoms with van der Waals surface area (Å²) in [4.78, 5) is 16.0. The van der Waals surface area contributed by atoms with E-state index in [1.54, 1.807) is 30.6 Å². The van der Waals surface area contributed by atoms with Crippen LogP contribution in [-0.4, -0.2) is 10.9 Å². The third-order valence-electron chi connectivity index (χ3n) is 2.45. The Kier molecular flexibility index (Phi) is 3.14. The van der Waals surface area contributed by atoms with Crippen LogP contribution in [-0.2, 0) is 0 Å². The first kappa shape index (κ1) is 11.9. The van der Waals surface area contributed by atoms with Gasteiger partial charge in [0, 0.05) is 17.6 Å². The highest BCUT2D eigenvalue weighted by Crippen LogP contribution is 2.17. The predicted octanol–water partition coefficient (Wildman–Crippen LogP) is 1.81. The molecule has 18 heavy (non-hydrogen) atoms. The summed E-state index contributed by atoms with van der Waals surface area (Å²) in [7, 11) is 0. The van der Waals surface area contributed by atoms with Crippen molar-refractivity contribution in [3.63, 3.8) is 0 Å². The van der Waals surface area contributed by atoms with Gasteiger partial charge in [0.05, 0.1) is 17.4 Å². The molecule has 0 atom stereocenters. The van der Waals surface area contributed by atoms with Crippen molar-refractivity contribution in [3.05, 3.63) is 47.8 Å². The van der Waals surface area contributed by atoms with Crippen LogP contribution in [0.25, 0.3) is 0 Å². The Morgan fingerprint density at radius 1 is 1.22 bits per heavy atom. The lowest BCUT2D eigenvalue weighted by molar-refractivity contribution is 0.102. The molecule has 1 aromatic carbocycles. The summed E-state index contributed by atoms with van der Waals surface area (Å²) in [6, 6.07) is 6.63. The number of nitrogens with two attached hydrogens (primary N) is 2. The van der Waals surface area contributed by atoms with Gasteiger partial charge in [0.15, 0.2) is 0 Å². The van der Waals surface area contributed by atoms with Crippen LogP contribution in [0.2, 0.25) is 0 Å². The minimum atomic E-state index is -0.278. The second kappa shape index (κ2) is 4.75. The summed E-state index contributed by atoms with van der Waals surface area (Å²) in [6.07, 6.45) is 3.30. The monoisotopic (exact) mass is 242 g/mol. The van der Waals surface area contributed by atoms with E-state index in [4.69, 9.17) is 11.5 Å². The van der Waals surface area contributed by atoms with E-state index in [1.807, 2.05) is 13.0 Å². The van der Waals surface area contributed by atoms with Gasteiger partial charge in [0.2, 0.25) is 0 Å². The van der Waals surface area contributed by atoms with Gasteiger partial charge < -0.3 is 16.8 Å². The average molecular weight is 242 g/mol. The maximum atomic E-state index is 12.0. The van der Waals surface area contributed by atoms with Crippen molar-refractivity contribution in [2.75, 3.05) is 16.8 Å². The molecule has 0 aliphatic rings. The van der Waals surface area contributed by atoms with Crippen molar-refractivity contribution in [2.24, 2.45) is 0 Å². The first-order valence-corrected chi connectivity index (χ1v) is 5.44. The zero-order valence-corrected chi connectivity index (χ0v) is 9.97. The Balaban J connectivity index is 2.22. The molecule has 0 fully saturated rings. The molecule has 0 saturated heterocycles. The van der Waals surface area contributed by atoms with Crippen LogP contribution in [0.1, 0.15) is 15.9 Å². The Bertz CT molecular complexity index is 595. The third kappa shape index (κ3) is 2.57. The van der Waals surface area contributed by atoms with Crippen LogP contribution in [0.5, 0.6) is 0 Å². The predicted molar refractivity (Wildman–Crippen MR) is 72.2 cm³/mol. The number of carbonyl (C=O) groups excluding carboxylic acids is 1. The highest BCUT2D eigenvalue weighted by Gasteiger charge is 2.10. The Hall–Kier alpha value is -2.56. The molecule has 5 heteroatoms. The summed E-state index contributed by atoms with van der Waals surface area (Å²) in [5, 5.41) is 2.74. The fraction of sp³-hybridized carbons (Fsp3) is 0.0769. The van der Waals surface area contributed by atoms with Gasteiger partial charge in [-0.2, -0.15) is 0 Å². The van der Waals surface area contributed by atoms with Crippen LogP contribution in [0, 0.1) is 6.92 Å². The first-order valence-electron chi connectivity index (χ1n) is 5.44. The molecular formula is C13H14N4O. The topological polar surface area (TPSA) is 94.0 Å². The normalized spacial score (nSPS) is 10.1. The number of benzene rings is 1. The van der Waals surface area contributed by atoms with E-state index in [9.17, 15) is 4.79 Å². The number of carbonyl (C=O) groups is 1. The smallest absolute Gasteiger partial charge is 0.257 e. The highest BCUT2D eigenvalue weighted by atomic mass is 16.1. The standard InChI is InChI=1S/C13H14N4O/c1-8-4-10(7-16-6-8)17-13(18)11-3-2-9(14)5-12(11)15/h2-7H,14-15H2,1H3,(H,17,18). The number of rotatable bonds is 2. The zero-order chi connectivity index (χ0) is 13.1. The molecule has 2 rings (SSSR count). The Morgan fingerprint density at radius 2 is 2.00 bits per heavy atom. The van der Waals surface area contributed by atoms with E-state index in [-0.39, 0.29) is 5.91 Å². The fourth-order valence-corrected chi connectivity index (χ4v) is 1.61. The van der Waals surface area contributed by atoms with Crippen molar-refractivity contribution in [2.45, 2.75) is 6.92 Å². The Morgan fingerprint density at radius 3 is 2.67 bits per heavy atom. The highest BCUT2D eigenvalue weighted by molar-refractivity contribution is 6.08. The number of hydrogen-bond acceptors (Lipinski definition) is 4. The number of hydrogen-bond donors (Lipinski definition) is 3. The molecule has 0 saturated carbocycles. The molecule has 0 aliphatic heterocycles. The van der Waals surface area contributed by atoms with Crippen LogP contribution in [0.3, 0.4) is 0 Å². The molecule has 0 unspecified atom stereocenters. The fourth-order valence-electron chi connectivity index (χ4n) is 1.61. The van der Waals surface area contributed by atoms with Gasteiger partial charge in [-0.05, 0) is 36.8 Å². The maximum absolute atomic E-state index is 12.0. The second-order valence-corrected chi connectivity index (χ2v) is 4.05. The number of aromatic nitrogens is 1. The van der Waals surface area contributed by atoms with Gasteiger partial charge >= 0.3 is 0 Å². The van der Waals surface area contributed by atoms with Gasteiger partial charge in [-0.15, -0.1) is 0 Å². The summed E-state index contributed by atoms with van der Waals surface area (Å²) in [6.45, 7) is 1.90. The zero-order valence-electron chi connectivity index (χ0n) is 9.97. The summed E-state index contributed by atoms with van der Waals surface area (Å²) < 4.78 is 0. The molecule has 5 N–H and O–H groups in total. The van der Waals surface area contributed by atoms with Crippen molar-refractivity contribution in [3.8, 4) is 0 Å². The van der Waals surface area contributed by atoms with Crippen molar-refractivity contribution >= 4 is 23.0 Å². The number of nitrogen functional groups attached to an aromatic ring is 2. The third-order valence-corrected chi connectivity index (χ3v) is 2.45. The average Bonchev–Trinajstić information content (AvgIpc) is 2.28. The lowest BCUT2D eigenvalue weighted by atomic mass is 10.1. The largest absolute Gasteiger partial charge is 0.399 e. The van der Waals surface area contributed by atoms with E-state index >= 15 is 0 Å². The molecule has 0 bridgehead atoms. The van der Waals surface area contributed by atoms with E-state index in [0.717, 1.165) is 5.56 Å². The molecular weight excluding hydrogens is 228 g/mol. The van der Waals surface area contributed by atoms with Gasteiger partial charge in [0.25, 0.3) is 5.91 Å². The molecule has 92 valence electrons. The van der Waals surface area contributed by atoms with Crippen LogP contribution in [0.15, 0.2) is 36.7 Å². The molecule has 2 aromatic rings. The molecule has 5 nitrogen and oxygen atoms in total. The van der Waals surface area contributed by atoms with Crippen LogP contribution in [0.4, 0.5) is 17.1 Å². The number of pyridine rings is 1. The minimum Gasteiger partial charge on any atom is -0.399 e. The van der Waals surface area contributed by atoms with Gasteiger partial charge in [0.1, 0.15) is 0 Å². The van der Waals surface area contributed by atoms with E-state index in [1.165, 1.54) is 0 Å². The lowest BCUT2D eigenvalue weighted by Gasteiger charge is -2.08. The minimum absolute atomic E-state index is 0.278. The van der Waals surface area contributed by atoms with Gasteiger partial charge in [-0.1, -0.05) is 0 Å². The second-order valence-electron chi connectivity index (χ2n) is 4.05. The van der Waals surface area contributed by atoms with Crippen molar-refractivity contribution in [1.82, 2.24) is 4.98 Å². The van der Waals surface area contributed by atoms with Gasteiger partial charge in [-0.3, -0.25) is 9.78 Å². The number of nitrogens with one attached hydrogen (secondary N) is 1. The summed E-state index contributed by atoms with van der Waals surface area (Å²) >= 11 is 0. The van der Waals surface area contributed by atoms with Gasteiger partial charge in [-0.25, -0.2) is 0 Å². The molecule has 0 spiro atoms. The number of anilines is 3. The quantitative estimate of drug-likeness (QED) is 0.700. The number of amides is 1. The van der Waals surface area contributed by atoms with Crippen molar-refractivity contribution < 1.29 is 4.79 Å². The SMILES string of the molecule is Cc1cncc(NC(=O)c2ccc(N)cc2N)c1. The lowest BCUT2D eigenvalue weighted by Crippen LogP contribution is -2.14. The van der Waals surface area contributed by atoms with E-state index in [2.05, 4.69) is 10.3 Å². The number of nitrogens with zero attached hydrogens (tertiary/aromatic N) is 1. The first-order chi connectivity index (χ1) is 8.56. The summed E-state index contributed by atoms with van der Waals surface area (Å²) in [5.74, 6) is -0.278. The molecule has 1 heterocycles. The maximum Gasteiger partial charge on any atom is 0.257 e. The molecule has 0 radical (unpaired) electrons. The number of aryl methyl sites for hydroxylation is 1. The molecule has 1 amide bonds. The van der Waals surface area contributed by atoms with Crippen molar-refractivity contribution in [1.29, 1.82) is 0 Å². The summed E-state index contributed by atoms with van der Waals surface area (Å²) in [5.41, 5.74) is 14.2.